The van der Waals surface area contributed by atoms with Crippen molar-refractivity contribution in [3.8, 4) is 5.75 Å². The first-order valence-corrected chi connectivity index (χ1v) is 10.1. The summed E-state index contributed by atoms with van der Waals surface area (Å²) >= 11 is 0. The lowest BCUT2D eigenvalue weighted by Crippen LogP contribution is -2.48. The Morgan fingerprint density at radius 1 is 1.00 bits per heavy atom. The molecule has 0 saturated carbocycles. The molecule has 3 N–H and O–H groups in total. The summed E-state index contributed by atoms with van der Waals surface area (Å²) in [4.78, 5) is 24.5. The molecule has 9 heteroatoms. The summed E-state index contributed by atoms with van der Waals surface area (Å²) in [7, 11) is 1.57. The molecule has 31 heavy (non-hydrogen) atoms. The van der Waals surface area contributed by atoms with E-state index in [2.05, 4.69) is 16.0 Å². The van der Waals surface area contributed by atoms with Crippen molar-refractivity contribution in [1.29, 1.82) is 0 Å². The number of rotatable bonds is 6. The van der Waals surface area contributed by atoms with Crippen LogP contribution in [-0.2, 0) is 20.8 Å². The van der Waals surface area contributed by atoms with Crippen molar-refractivity contribution in [1.82, 2.24) is 10.6 Å². The van der Waals surface area contributed by atoms with E-state index >= 15 is 0 Å². The van der Waals surface area contributed by atoms with Crippen molar-refractivity contribution in [2.45, 2.75) is 30.9 Å². The van der Waals surface area contributed by atoms with E-state index in [0.29, 0.717) is 18.0 Å². The van der Waals surface area contributed by atoms with Crippen LogP contribution in [0.15, 0.2) is 54.6 Å². The van der Waals surface area contributed by atoms with Crippen molar-refractivity contribution >= 4 is 17.8 Å². The Morgan fingerprint density at radius 2 is 1.74 bits per heavy atom. The number of ether oxygens (including phenoxy) is 4. The number of urea groups is 1. The predicted molar refractivity (Wildman–Crippen MR) is 112 cm³/mol. The van der Waals surface area contributed by atoms with Crippen LogP contribution in [0.4, 0.5) is 15.3 Å². The minimum absolute atomic E-state index is 0.204. The van der Waals surface area contributed by atoms with Crippen molar-refractivity contribution in [3.63, 3.8) is 0 Å². The number of benzene rings is 2. The molecule has 4 atom stereocenters. The van der Waals surface area contributed by atoms with Gasteiger partial charge in [0.05, 0.1) is 26.4 Å². The maximum atomic E-state index is 12.2. The van der Waals surface area contributed by atoms with E-state index in [1.807, 2.05) is 30.3 Å². The molecule has 4 rings (SSSR count). The zero-order valence-corrected chi connectivity index (χ0v) is 17.1. The number of methoxy groups -OCH3 is 1. The van der Waals surface area contributed by atoms with Gasteiger partial charge in [-0.05, 0) is 29.8 Å². The van der Waals surface area contributed by atoms with Crippen LogP contribution in [0.25, 0.3) is 0 Å². The standard InChI is InChI=1S/C22H25N3O6/c1-28-16-9-7-15(8-10-16)24-22(27)31-18-13-30-19-17(12-29-20(18)19)25-21(26)23-11-14-5-3-2-4-6-14/h2-10,17-20H,11-13H2,1H3,(H,24,27)(H2,23,25,26)/t17-,18+,19+,20+/m0/s1. The molecule has 0 radical (unpaired) electrons. The molecule has 0 bridgehead atoms. The molecule has 0 aromatic heterocycles. The van der Waals surface area contributed by atoms with E-state index in [1.54, 1.807) is 31.4 Å². The zero-order valence-electron chi connectivity index (χ0n) is 17.1. The molecule has 0 spiro atoms. The van der Waals surface area contributed by atoms with Gasteiger partial charge in [0.1, 0.15) is 18.0 Å². The minimum Gasteiger partial charge on any atom is -0.497 e. The number of nitrogens with one attached hydrogen (secondary N) is 3. The predicted octanol–water partition coefficient (Wildman–Crippen LogP) is 2.28. The number of fused-ring (bicyclic) bond motifs is 1. The van der Waals surface area contributed by atoms with E-state index in [9.17, 15) is 9.59 Å². The van der Waals surface area contributed by atoms with Gasteiger partial charge in [0.25, 0.3) is 0 Å². The first kappa shape index (κ1) is 21.0. The largest absolute Gasteiger partial charge is 0.497 e. The van der Waals surface area contributed by atoms with Crippen LogP contribution in [0.3, 0.4) is 0 Å². The second kappa shape index (κ2) is 9.67. The van der Waals surface area contributed by atoms with Crippen molar-refractivity contribution in [3.05, 3.63) is 60.2 Å². The number of hydrogen-bond acceptors (Lipinski definition) is 6. The SMILES string of the molecule is COc1ccc(NC(=O)O[C@@H]2CO[C@H]3[C@@H]2OC[C@@H]3NC(=O)NCc2ccccc2)cc1. The van der Waals surface area contributed by atoms with Gasteiger partial charge in [-0.2, -0.15) is 0 Å². The molecule has 2 aromatic carbocycles. The molecule has 2 aromatic rings. The first-order valence-electron chi connectivity index (χ1n) is 10.1. The lowest BCUT2D eigenvalue weighted by molar-refractivity contribution is 0.00872. The van der Waals surface area contributed by atoms with Gasteiger partial charge in [-0.3, -0.25) is 5.32 Å². The average molecular weight is 427 g/mol. The number of anilines is 1. The Bertz CT molecular complexity index is 892. The summed E-state index contributed by atoms with van der Waals surface area (Å²) < 4.78 is 22.1. The Labute approximate surface area is 180 Å². The summed E-state index contributed by atoms with van der Waals surface area (Å²) in [6.45, 7) is 0.912. The maximum absolute atomic E-state index is 12.2. The van der Waals surface area contributed by atoms with Gasteiger partial charge >= 0.3 is 12.1 Å². The van der Waals surface area contributed by atoms with Crippen molar-refractivity contribution in [2.24, 2.45) is 0 Å². The highest BCUT2D eigenvalue weighted by atomic mass is 16.6. The van der Waals surface area contributed by atoms with Crippen LogP contribution in [0.2, 0.25) is 0 Å². The highest BCUT2D eigenvalue weighted by Gasteiger charge is 2.50. The zero-order chi connectivity index (χ0) is 21.6. The average Bonchev–Trinajstić information content (AvgIpc) is 3.37. The minimum atomic E-state index is -0.597. The molecule has 0 unspecified atom stereocenters. The normalized spacial score (nSPS) is 24.2. The first-order chi connectivity index (χ1) is 15.1. The van der Waals surface area contributed by atoms with Gasteiger partial charge in [0.2, 0.25) is 0 Å². The third kappa shape index (κ3) is 5.25. The van der Waals surface area contributed by atoms with E-state index in [1.165, 1.54) is 0 Å². The fourth-order valence-corrected chi connectivity index (χ4v) is 3.65. The Kier molecular flexibility index (Phi) is 6.54. The monoisotopic (exact) mass is 427 g/mol. The molecule has 0 aliphatic carbocycles. The highest BCUT2D eigenvalue weighted by molar-refractivity contribution is 5.84. The molecule has 2 fully saturated rings. The fraction of sp³-hybridized carbons (Fsp3) is 0.364. The number of hydrogen-bond donors (Lipinski definition) is 3. The van der Waals surface area contributed by atoms with Crippen LogP contribution in [0.1, 0.15) is 5.56 Å². The smallest absolute Gasteiger partial charge is 0.412 e. The van der Waals surface area contributed by atoms with E-state index < -0.39 is 18.3 Å². The second-order valence-corrected chi connectivity index (χ2v) is 7.31. The van der Waals surface area contributed by atoms with E-state index in [-0.39, 0.29) is 31.4 Å². The molecule has 9 nitrogen and oxygen atoms in total. The van der Waals surface area contributed by atoms with Crippen LogP contribution < -0.4 is 20.7 Å². The van der Waals surface area contributed by atoms with Crippen molar-refractivity contribution in [2.75, 3.05) is 25.6 Å². The molecule has 3 amide bonds. The van der Waals surface area contributed by atoms with E-state index in [0.717, 1.165) is 5.56 Å². The Hall–Kier alpha value is -3.30. The number of carbonyl (C=O) groups is 2. The molecule has 2 heterocycles. The second-order valence-electron chi connectivity index (χ2n) is 7.31. The maximum Gasteiger partial charge on any atom is 0.412 e. The summed E-state index contributed by atoms with van der Waals surface area (Å²) in [6.07, 6.45) is -1.95. The molecule has 2 aliphatic rings. The Balaban J connectivity index is 1.23. The van der Waals surface area contributed by atoms with Gasteiger partial charge < -0.3 is 29.6 Å². The molecule has 2 saturated heterocycles. The third-order valence-electron chi connectivity index (χ3n) is 5.22. The van der Waals surface area contributed by atoms with Crippen LogP contribution >= 0.6 is 0 Å². The van der Waals surface area contributed by atoms with Gasteiger partial charge in [0, 0.05) is 12.2 Å². The topological polar surface area (TPSA) is 107 Å². The number of carbonyl (C=O) groups excluding carboxylic acids is 2. The molecular formula is C22H25N3O6. The number of amides is 3. The molecule has 164 valence electrons. The van der Waals surface area contributed by atoms with Crippen LogP contribution in [0.5, 0.6) is 5.75 Å². The summed E-state index contributed by atoms with van der Waals surface area (Å²) in [6, 6.07) is 15.9. The van der Waals surface area contributed by atoms with Gasteiger partial charge in [-0.1, -0.05) is 30.3 Å². The Morgan fingerprint density at radius 3 is 2.48 bits per heavy atom. The lowest BCUT2D eigenvalue weighted by Gasteiger charge is -2.18. The lowest BCUT2D eigenvalue weighted by atomic mass is 10.1. The molecule has 2 aliphatic heterocycles. The van der Waals surface area contributed by atoms with E-state index in [4.69, 9.17) is 18.9 Å². The van der Waals surface area contributed by atoms with Crippen LogP contribution in [0, 0.1) is 0 Å². The summed E-state index contributed by atoms with van der Waals surface area (Å²) in [5.41, 5.74) is 1.59. The third-order valence-corrected chi connectivity index (χ3v) is 5.22. The summed E-state index contributed by atoms with van der Waals surface area (Å²) in [5, 5.41) is 8.36. The van der Waals surface area contributed by atoms with Crippen LogP contribution in [-0.4, -0.2) is 56.8 Å². The quantitative estimate of drug-likeness (QED) is 0.653. The molecular weight excluding hydrogens is 402 g/mol. The van der Waals surface area contributed by atoms with Crippen molar-refractivity contribution < 1.29 is 28.5 Å². The fourth-order valence-electron chi connectivity index (χ4n) is 3.65. The van der Waals surface area contributed by atoms with Gasteiger partial charge in [0.15, 0.2) is 6.10 Å². The summed E-state index contributed by atoms with van der Waals surface area (Å²) in [5.74, 6) is 0.691. The van der Waals surface area contributed by atoms with Gasteiger partial charge in [-0.15, -0.1) is 0 Å². The van der Waals surface area contributed by atoms with Gasteiger partial charge in [-0.25, -0.2) is 9.59 Å². The highest BCUT2D eigenvalue weighted by Crippen LogP contribution is 2.29.